The zero-order chi connectivity index (χ0) is 44.6. The van der Waals surface area contributed by atoms with E-state index in [0.717, 1.165) is 77.9 Å². The van der Waals surface area contributed by atoms with Crippen LogP contribution in [-0.4, -0.2) is 19.9 Å². The molecule has 0 atom stereocenters. The van der Waals surface area contributed by atoms with Gasteiger partial charge in [0.15, 0.2) is 0 Å². The van der Waals surface area contributed by atoms with Gasteiger partial charge in [0, 0.05) is 71.8 Å². The summed E-state index contributed by atoms with van der Waals surface area (Å²) in [4.78, 5) is 17.8. The molecule has 0 saturated carbocycles. The molecule has 0 saturated heterocycles. The summed E-state index contributed by atoms with van der Waals surface area (Å²) in [5, 5.41) is 0. The Hall–Kier alpha value is -8.86. The van der Waals surface area contributed by atoms with Crippen LogP contribution in [0.1, 0.15) is 22.3 Å². The second-order valence-corrected chi connectivity index (χ2v) is 17.1. The van der Waals surface area contributed by atoms with Crippen molar-refractivity contribution in [1.29, 1.82) is 0 Å². The Morgan fingerprint density at radius 1 is 0.224 bits per heavy atom. The molecule has 0 amide bonds. The van der Waals surface area contributed by atoms with Crippen molar-refractivity contribution in [1.82, 2.24) is 19.9 Å². The maximum Gasteiger partial charge on any atom is 0.0713 e. The van der Waals surface area contributed by atoms with E-state index in [-0.39, 0.29) is 0 Å². The van der Waals surface area contributed by atoms with Gasteiger partial charge in [0.25, 0.3) is 0 Å². The van der Waals surface area contributed by atoms with Crippen molar-refractivity contribution in [2.24, 2.45) is 0 Å². The first-order valence-corrected chi connectivity index (χ1v) is 22.6. The molecule has 0 unspecified atom stereocenters. The highest BCUT2D eigenvalue weighted by molar-refractivity contribution is 5.90. The molecule has 0 bridgehead atoms. The molecular weight excluding hydrogens is 813 g/mol. The smallest absolute Gasteiger partial charge is 0.0713 e. The summed E-state index contributed by atoms with van der Waals surface area (Å²) < 4.78 is 0. The number of rotatable bonds is 9. The normalized spacial score (nSPS) is 12.3. The fourth-order valence-corrected chi connectivity index (χ4v) is 10.1. The molecule has 4 heterocycles. The highest BCUT2D eigenvalue weighted by Crippen LogP contribution is 2.57. The molecule has 0 spiro atoms. The lowest BCUT2D eigenvalue weighted by molar-refractivity contribution is 0.769. The van der Waals surface area contributed by atoms with Crippen molar-refractivity contribution in [3.8, 4) is 89.0 Å². The van der Waals surface area contributed by atoms with Gasteiger partial charge in [0.2, 0.25) is 0 Å². The second-order valence-electron chi connectivity index (χ2n) is 17.1. The Morgan fingerprint density at radius 3 is 1.09 bits per heavy atom. The minimum Gasteiger partial charge on any atom is -0.265 e. The highest BCUT2D eigenvalue weighted by Gasteiger charge is 2.46. The summed E-state index contributed by atoms with van der Waals surface area (Å²) in [6.07, 6.45) is 15.0. The third-order valence-corrected chi connectivity index (χ3v) is 13.3. The standard InChI is InChI=1S/C63H42N4/c1-3-15-57(16-4-1)63(58-17-5-2-6-18-58)61-20-8-7-19-59(61)60-22-21-49(38-62(60)63)52-34-50(45-11-9-13-47(31-45)55-36-53(39-66-41-55)43-23-27-64-28-24-43)33-51(35-52)46-12-10-14-48(32-46)56-37-54(40-67-42-56)44-25-29-65-30-26-44/h1-42H. The third-order valence-electron chi connectivity index (χ3n) is 13.3. The molecule has 1 aliphatic carbocycles. The molecule has 0 N–H and O–H groups in total. The Balaban J connectivity index is 1.03. The molecule has 7 aromatic carbocycles. The lowest BCUT2D eigenvalue weighted by atomic mass is 9.67. The summed E-state index contributed by atoms with van der Waals surface area (Å²) in [5.74, 6) is 0. The molecule has 4 heteroatoms. The van der Waals surface area contributed by atoms with Crippen molar-refractivity contribution in [2.45, 2.75) is 5.41 Å². The fourth-order valence-electron chi connectivity index (χ4n) is 10.1. The number of aromatic nitrogens is 4. The average Bonchev–Trinajstić information content (AvgIpc) is 3.72. The van der Waals surface area contributed by atoms with Gasteiger partial charge in [-0.3, -0.25) is 19.9 Å². The van der Waals surface area contributed by atoms with Gasteiger partial charge in [-0.15, -0.1) is 0 Å². The van der Waals surface area contributed by atoms with Gasteiger partial charge in [0.1, 0.15) is 0 Å². The van der Waals surface area contributed by atoms with Crippen LogP contribution in [0.15, 0.2) is 256 Å². The summed E-state index contributed by atoms with van der Waals surface area (Å²) in [6.45, 7) is 0. The van der Waals surface area contributed by atoms with Crippen LogP contribution in [0, 0.1) is 0 Å². The van der Waals surface area contributed by atoms with E-state index < -0.39 is 5.41 Å². The van der Waals surface area contributed by atoms with Gasteiger partial charge >= 0.3 is 0 Å². The summed E-state index contributed by atoms with van der Waals surface area (Å²) in [6, 6.07) is 75.3. The molecule has 12 rings (SSSR count). The van der Waals surface area contributed by atoms with Crippen LogP contribution < -0.4 is 0 Å². The maximum absolute atomic E-state index is 4.67. The van der Waals surface area contributed by atoms with Gasteiger partial charge in [0.05, 0.1) is 5.41 Å². The summed E-state index contributed by atoms with van der Waals surface area (Å²) in [7, 11) is 0. The molecule has 0 fully saturated rings. The molecule has 4 aromatic heterocycles. The van der Waals surface area contributed by atoms with Crippen LogP contribution in [0.3, 0.4) is 0 Å². The minimum atomic E-state index is -0.509. The molecule has 67 heavy (non-hydrogen) atoms. The van der Waals surface area contributed by atoms with Crippen molar-refractivity contribution in [2.75, 3.05) is 0 Å². The Labute approximate surface area is 390 Å². The van der Waals surface area contributed by atoms with Gasteiger partial charge in [-0.2, -0.15) is 0 Å². The Kier molecular flexibility index (Phi) is 10.0. The predicted molar refractivity (Wildman–Crippen MR) is 273 cm³/mol. The van der Waals surface area contributed by atoms with Gasteiger partial charge < -0.3 is 0 Å². The topological polar surface area (TPSA) is 51.6 Å². The van der Waals surface area contributed by atoms with Gasteiger partial charge in [-0.25, -0.2) is 0 Å². The number of pyridine rings is 4. The van der Waals surface area contributed by atoms with Crippen molar-refractivity contribution in [3.63, 3.8) is 0 Å². The molecule has 1 aliphatic rings. The number of benzene rings is 7. The third kappa shape index (κ3) is 7.22. The highest BCUT2D eigenvalue weighted by atomic mass is 14.6. The number of hydrogen-bond donors (Lipinski definition) is 0. The van der Waals surface area contributed by atoms with E-state index in [1.54, 1.807) is 0 Å². The first-order chi connectivity index (χ1) is 33.2. The van der Waals surface area contributed by atoms with Crippen molar-refractivity contribution < 1.29 is 0 Å². The average molecular weight is 855 g/mol. The van der Waals surface area contributed by atoms with Gasteiger partial charge in [-0.1, -0.05) is 133 Å². The van der Waals surface area contributed by atoms with Crippen LogP contribution in [0.25, 0.3) is 89.0 Å². The summed E-state index contributed by atoms with van der Waals surface area (Å²) in [5.41, 5.74) is 22.5. The lowest BCUT2D eigenvalue weighted by Crippen LogP contribution is -2.28. The van der Waals surface area contributed by atoms with E-state index in [0.29, 0.717) is 0 Å². The Morgan fingerprint density at radius 2 is 0.597 bits per heavy atom. The van der Waals surface area contributed by atoms with Crippen molar-refractivity contribution >= 4 is 0 Å². The SMILES string of the molecule is c1ccc(C2(c3ccccc3)c3ccccc3-c3ccc(-c4cc(-c5cccc(-c6cncc(-c7ccncc7)c6)c5)cc(-c5cccc(-c6cncc(-c7ccncc7)c6)c5)c4)cc32)cc1. The number of hydrogen-bond acceptors (Lipinski definition) is 4. The van der Waals surface area contributed by atoms with Gasteiger partial charge in [-0.05, 0) is 162 Å². The monoisotopic (exact) mass is 854 g/mol. The van der Waals surface area contributed by atoms with Crippen LogP contribution in [0.5, 0.6) is 0 Å². The molecule has 314 valence electrons. The van der Waals surface area contributed by atoms with Crippen LogP contribution >= 0.6 is 0 Å². The van der Waals surface area contributed by atoms with Crippen LogP contribution in [-0.2, 0) is 5.41 Å². The van der Waals surface area contributed by atoms with Crippen molar-refractivity contribution in [3.05, 3.63) is 278 Å². The summed E-state index contributed by atoms with van der Waals surface area (Å²) >= 11 is 0. The van der Waals surface area contributed by atoms with E-state index in [1.807, 2.05) is 73.8 Å². The second kappa shape index (κ2) is 16.9. The number of fused-ring (bicyclic) bond motifs is 3. The first kappa shape index (κ1) is 39.7. The van der Waals surface area contributed by atoms with E-state index in [4.69, 9.17) is 0 Å². The first-order valence-electron chi connectivity index (χ1n) is 22.6. The Bertz CT molecular complexity index is 3390. The largest absolute Gasteiger partial charge is 0.265 e. The fraction of sp³-hybridized carbons (Fsp3) is 0.0159. The predicted octanol–water partition coefficient (Wildman–Crippen LogP) is 15.3. The van der Waals surface area contributed by atoms with E-state index in [9.17, 15) is 0 Å². The quantitative estimate of drug-likeness (QED) is 0.145. The van der Waals surface area contributed by atoms with E-state index >= 15 is 0 Å². The zero-order valence-corrected chi connectivity index (χ0v) is 36.5. The molecule has 11 aromatic rings. The van der Waals surface area contributed by atoms with E-state index in [2.05, 4.69) is 202 Å². The zero-order valence-electron chi connectivity index (χ0n) is 36.5. The molecule has 4 nitrogen and oxygen atoms in total. The van der Waals surface area contributed by atoms with E-state index in [1.165, 1.54) is 33.4 Å². The molecule has 0 radical (unpaired) electrons. The molecule has 0 aliphatic heterocycles. The van der Waals surface area contributed by atoms with Crippen LogP contribution in [0.2, 0.25) is 0 Å². The maximum atomic E-state index is 4.67. The molecular formula is C63H42N4. The minimum absolute atomic E-state index is 0.509. The lowest BCUT2D eigenvalue weighted by Gasteiger charge is -2.34. The number of nitrogens with zero attached hydrogens (tertiary/aromatic N) is 4. The van der Waals surface area contributed by atoms with Crippen LogP contribution in [0.4, 0.5) is 0 Å².